The van der Waals surface area contributed by atoms with Crippen molar-refractivity contribution in [3.63, 3.8) is 0 Å². The standard InChI is InChI=1S/C21H25ClN4O/c1-4-18(23-21(27)13-5-7-14(22)8-6-13)20-16-9-15(10-17(16)20)26-11-19(12(2)3)24-25-26/h5-8,11,15-18,20H,2,4,9-10H2,1,3H3,(H,23,27). The summed E-state index contributed by atoms with van der Waals surface area (Å²) in [6, 6.07) is 7.71. The fourth-order valence-electron chi connectivity index (χ4n) is 4.65. The lowest BCUT2D eigenvalue weighted by atomic mass is 9.99. The van der Waals surface area contributed by atoms with Crippen molar-refractivity contribution in [2.75, 3.05) is 0 Å². The quantitative estimate of drug-likeness (QED) is 0.804. The molecule has 3 unspecified atom stereocenters. The predicted molar refractivity (Wildman–Crippen MR) is 106 cm³/mol. The van der Waals surface area contributed by atoms with Crippen LogP contribution in [0.2, 0.25) is 5.02 Å². The van der Waals surface area contributed by atoms with E-state index in [1.807, 2.05) is 17.8 Å². The van der Waals surface area contributed by atoms with Gasteiger partial charge in [-0.3, -0.25) is 4.79 Å². The lowest BCUT2D eigenvalue weighted by Gasteiger charge is -2.21. The summed E-state index contributed by atoms with van der Waals surface area (Å²) >= 11 is 5.91. The molecule has 2 fully saturated rings. The largest absolute Gasteiger partial charge is 0.349 e. The van der Waals surface area contributed by atoms with Crippen LogP contribution in [0.4, 0.5) is 0 Å². The minimum Gasteiger partial charge on any atom is -0.349 e. The van der Waals surface area contributed by atoms with Crippen molar-refractivity contribution in [1.82, 2.24) is 20.3 Å². The number of aromatic nitrogens is 3. The first-order valence-electron chi connectivity index (χ1n) is 9.62. The summed E-state index contributed by atoms with van der Waals surface area (Å²) in [4.78, 5) is 12.5. The van der Waals surface area contributed by atoms with Gasteiger partial charge in [-0.1, -0.05) is 30.3 Å². The van der Waals surface area contributed by atoms with E-state index in [-0.39, 0.29) is 11.9 Å². The van der Waals surface area contributed by atoms with Gasteiger partial charge in [0.15, 0.2) is 0 Å². The lowest BCUT2D eigenvalue weighted by Crippen LogP contribution is -2.37. The number of fused-ring (bicyclic) bond motifs is 1. The molecule has 4 rings (SSSR count). The number of carbonyl (C=O) groups excluding carboxylic acids is 1. The minimum atomic E-state index is -0.0117. The van der Waals surface area contributed by atoms with E-state index < -0.39 is 0 Å². The van der Waals surface area contributed by atoms with Crippen LogP contribution >= 0.6 is 11.6 Å². The summed E-state index contributed by atoms with van der Waals surface area (Å²) in [6.45, 7) is 8.03. The normalized spacial score (nSPS) is 27.1. The average Bonchev–Trinajstić information content (AvgIpc) is 3.05. The maximum absolute atomic E-state index is 12.5. The van der Waals surface area contributed by atoms with Gasteiger partial charge in [-0.2, -0.15) is 0 Å². The van der Waals surface area contributed by atoms with Crippen LogP contribution in [0.15, 0.2) is 37.0 Å². The van der Waals surface area contributed by atoms with Crippen molar-refractivity contribution in [2.45, 2.75) is 45.2 Å². The second-order valence-electron chi connectivity index (χ2n) is 7.89. The van der Waals surface area contributed by atoms with Crippen molar-refractivity contribution in [1.29, 1.82) is 0 Å². The highest BCUT2D eigenvalue weighted by Crippen LogP contribution is 2.62. The number of halogens is 1. The van der Waals surface area contributed by atoms with Crippen LogP contribution in [0.1, 0.15) is 55.2 Å². The second-order valence-corrected chi connectivity index (χ2v) is 8.33. The van der Waals surface area contributed by atoms with E-state index in [1.54, 1.807) is 24.3 Å². The summed E-state index contributed by atoms with van der Waals surface area (Å²) in [5.41, 5.74) is 2.48. The van der Waals surface area contributed by atoms with E-state index in [4.69, 9.17) is 11.6 Å². The molecule has 1 aromatic heterocycles. The zero-order valence-corrected chi connectivity index (χ0v) is 16.5. The molecule has 142 valence electrons. The Morgan fingerprint density at radius 1 is 1.33 bits per heavy atom. The van der Waals surface area contributed by atoms with Crippen LogP contribution in [-0.4, -0.2) is 26.9 Å². The van der Waals surface area contributed by atoms with Gasteiger partial charge in [0.1, 0.15) is 5.69 Å². The SMILES string of the molecule is C=C(C)c1cn(C2CC3C(C2)C3C(CC)NC(=O)c2ccc(Cl)cc2)nn1. The van der Waals surface area contributed by atoms with E-state index in [1.165, 1.54) is 0 Å². The molecule has 0 aliphatic heterocycles. The maximum Gasteiger partial charge on any atom is 0.251 e. The number of nitrogens with zero attached hydrogens (tertiary/aromatic N) is 3. The number of nitrogens with one attached hydrogen (secondary N) is 1. The summed E-state index contributed by atoms with van der Waals surface area (Å²) in [6.07, 6.45) is 5.18. The first-order valence-corrected chi connectivity index (χ1v) is 10.00. The van der Waals surface area contributed by atoms with Gasteiger partial charge in [0.25, 0.3) is 5.91 Å². The van der Waals surface area contributed by atoms with Gasteiger partial charge in [-0.05, 0) is 73.8 Å². The molecule has 2 aromatic rings. The van der Waals surface area contributed by atoms with Crippen LogP contribution in [0, 0.1) is 17.8 Å². The maximum atomic E-state index is 12.5. The Bertz CT molecular complexity index is 847. The minimum absolute atomic E-state index is 0.0117. The summed E-state index contributed by atoms with van der Waals surface area (Å²) < 4.78 is 2.00. The zero-order valence-electron chi connectivity index (χ0n) is 15.7. The molecule has 2 aliphatic rings. The zero-order chi connectivity index (χ0) is 19.1. The highest BCUT2D eigenvalue weighted by Gasteiger charge is 2.59. The van der Waals surface area contributed by atoms with Gasteiger partial charge in [0.2, 0.25) is 0 Å². The number of carbonyl (C=O) groups is 1. The molecule has 27 heavy (non-hydrogen) atoms. The van der Waals surface area contributed by atoms with Gasteiger partial charge in [-0.15, -0.1) is 5.10 Å². The molecule has 1 heterocycles. The first kappa shape index (κ1) is 18.2. The van der Waals surface area contributed by atoms with Crippen molar-refractivity contribution >= 4 is 23.1 Å². The molecule has 3 atom stereocenters. The topological polar surface area (TPSA) is 59.8 Å². The highest BCUT2D eigenvalue weighted by molar-refractivity contribution is 6.30. The van der Waals surface area contributed by atoms with E-state index in [2.05, 4.69) is 29.1 Å². The van der Waals surface area contributed by atoms with Crippen LogP contribution in [-0.2, 0) is 0 Å². The molecule has 6 heteroatoms. The molecule has 1 amide bonds. The second kappa shape index (κ2) is 7.12. The third kappa shape index (κ3) is 3.53. The van der Waals surface area contributed by atoms with Gasteiger partial charge in [-0.25, -0.2) is 4.68 Å². The molecule has 5 nitrogen and oxygen atoms in total. The van der Waals surface area contributed by atoms with Crippen molar-refractivity contribution in [3.8, 4) is 0 Å². The number of allylic oxidation sites excluding steroid dienone is 1. The molecule has 1 N–H and O–H groups in total. The Kier molecular flexibility index (Phi) is 4.81. The Morgan fingerprint density at radius 3 is 2.56 bits per heavy atom. The van der Waals surface area contributed by atoms with Crippen molar-refractivity contribution in [3.05, 3.63) is 53.3 Å². The Labute approximate surface area is 164 Å². The van der Waals surface area contributed by atoms with Gasteiger partial charge >= 0.3 is 0 Å². The smallest absolute Gasteiger partial charge is 0.251 e. The lowest BCUT2D eigenvalue weighted by molar-refractivity contribution is 0.0926. The van der Waals surface area contributed by atoms with E-state index in [0.717, 1.165) is 30.5 Å². The summed E-state index contributed by atoms with van der Waals surface area (Å²) in [5, 5.41) is 12.4. The fraction of sp³-hybridized carbons (Fsp3) is 0.476. The molecule has 0 radical (unpaired) electrons. The predicted octanol–water partition coefficient (Wildman–Crippen LogP) is 4.37. The molecule has 2 saturated carbocycles. The molecule has 0 bridgehead atoms. The molecule has 2 aliphatic carbocycles. The van der Waals surface area contributed by atoms with E-state index in [0.29, 0.717) is 34.4 Å². The van der Waals surface area contributed by atoms with Gasteiger partial charge in [0.05, 0.1) is 12.2 Å². The van der Waals surface area contributed by atoms with Gasteiger partial charge < -0.3 is 5.32 Å². The molecular formula is C21H25ClN4O. The third-order valence-corrected chi connectivity index (χ3v) is 6.39. The highest BCUT2D eigenvalue weighted by atomic mass is 35.5. The molecular weight excluding hydrogens is 360 g/mol. The van der Waals surface area contributed by atoms with Crippen molar-refractivity contribution < 1.29 is 4.79 Å². The Morgan fingerprint density at radius 2 is 2.00 bits per heavy atom. The van der Waals surface area contributed by atoms with E-state index in [9.17, 15) is 4.79 Å². The average molecular weight is 385 g/mol. The number of benzene rings is 1. The van der Waals surface area contributed by atoms with Gasteiger partial charge in [0, 0.05) is 16.6 Å². The fourth-order valence-corrected chi connectivity index (χ4v) is 4.78. The van der Waals surface area contributed by atoms with Crippen LogP contribution < -0.4 is 5.32 Å². The monoisotopic (exact) mass is 384 g/mol. The Hall–Kier alpha value is -2.14. The number of amides is 1. The summed E-state index contributed by atoms with van der Waals surface area (Å²) in [7, 11) is 0. The number of hydrogen-bond acceptors (Lipinski definition) is 3. The van der Waals surface area contributed by atoms with E-state index >= 15 is 0 Å². The molecule has 1 aromatic carbocycles. The van der Waals surface area contributed by atoms with Crippen LogP contribution in [0.5, 0.6) is 0 Å². The summed E-state index contributed by atoms with van der Waals surface area (Å²) in [5.74, 6) is 1.90. The Balaban J connectivity index is 1.36. The third-order valence-electron chi connectivity index (χ3n) is 6.14. The first-order chi connectivity index (χ1) is 13.0. The molecule has 0 spiro atoms. The van der Waals surface area contributed by atoms with Crippen LogP contribution in [0.3, 0.4) is 0 Å². The van der Waals surface area contributed by atoms with Crippen LogP contribution in [0.25, 0.3) is 5.57 Å². The number of rotatable bonds is 6. The molecule has 0 saturated heterocycles. The number of hydrogen-bond donors (Lipinski definition) is 1. The van der Waals surface area contributed by atoms with Crippen molar-refractivity contribution in [2.24, 2.45) is 17.8 Å².